The number of rotatable bonds is 4. The van der Waals surface area contributed by atoms with E-state index in [0.717, 1.165) is 41.2 Å². The monoisotopic (exact) mass is 366 g/mol. The molecule has 0 bridgehead atoms. The number of fused-ring (bicyclic) bond motifs is 2. The van der Waals surface area contributed by atoms with Crippen LogP contribution in [0.3, 0.4) is 0 Å². The van der Waals surface area contributed by atoms with E-state index in [-0.39, 0.29) is 12.5 Å². The van der Waals surface area contributed by atoms with Crippen molar-refractivity contribution in [2.24, 2.45) is 0 Å². The van der Waals surface area contributed by atoms with E-state index >= 15 is 0 Å². The predicted molar refractivity (Wildman–Crippen MR) is 106 cm³/mol. The van der Waals surface area contributed by atoms with E-state index in [2.05, 4.69) is 46.5 Å². The van der Waals surface area contributed by atoms with E-state index in [4.69, 9.17) is 0 Å². The quantitative estimate of drug-likeness (QED) is 0.767. The van der Waals surface area contributed by atoms with Crippen LogP contribution in [0, 0.1) is 6.92 Å². The van der Waals surface area contributed by atoms with Crippen molar-refractivity contribution >= 4 is 33.3 Å². The molecule has 0 radical (unpaired) electrons. The zero-order chi connectivity index (χ0) is 18.1. The van der Waals surface area contributed by atoms with Gasteiger partial charge in [0.15, 0.2) is 0 Å². The Balaban J connectivity index is 1.48. The molecule has 0 atom stereocenters. The van der Waals surface area contributed by atoms with Gasteiger partial charge in [0.1, 0.15) is 16.5 Å². The maximum absolute atomic E-state index is 12.7. The molecule has 2 aromatic heterocycles. The molecule has 0 unspecified atom stereocenters. The minimum absolute atomic E-state index is 0.106. The van der Waals surface area contributed by atoms with Gasteiger partial charge in [-0.05, 0) is 37.0 Å². The topological polar surface area (TPSA) is 58.1 Å². The van der Waals surface area contributed by atoms with Gasteiger partial charge in [0.05, 0.1) is 11.9 Å². The number of nitrogens with one attached hydrogen (secondary N) is 1. The number of anilines is 1. The molecule has 1 N–H and O–H groups in total. The lowest BCUT2D eigenvalue weighted by molar-refractivity contribution is -0.130. The lowest BCUT2D eigenvalue weighted by atomic mass is 10.00. The first-order chi connectivity index (χ1) is 12.6. The fourth-order valence-electron chi connectivity index (χ4n) is 3.37. The molecular formula is C20H22N4OS. The van der Waals surface area contributed by atoms with Gasteiger partial charge >= 0.3 is 0 Å². The van der Waals surface area contributed by atoms with Gasteiger partial charge in [-0.1, -0.05) is 31.2 Å². The number of thiophene rings is 1. The van der Waals surface area contributed by atoms with Gasteiger partial charge in [0, 0.05) is 18.0 Å². The summed E-state index contributed by atoms with van der Waals surface area (Å²) in [7, 11) is 0. The van der Waals surface area contributed by atoms with Crippen molar-refractivity contribution in [2.75, 3.05) is 18.4 Å². The molecule has 0 fully saturated rings. The molecule has 6 heteroatoms. The minimum Gasteiger partial charge on any atom is -0.360 e. The number of benzene rings is 1. The molecule has 3 aromatic rings. The third-order valence-electron chi connectivity index (χ3n) is 4.79. The zero-order valence-electron chi connectivity index (χ0n) is 15.1. The Bertz CT molecular complexity index is 966. The standard InChI is InChI=1S/C20H22N4OS/c1-3-16-10-17-19(22-13(2)23-20(17)26-16)21-11-18(25)24-9-8-14-6-4-5-7-15(14)12-24/h4-7,10H,3,8-9,11-12H2,1-2H3,(H,21,22,23). The molecule has 1 amide bonds. The SMILES string of the molecule is CCc1cc2c(NCC(=O)N3CCc4ccccc4C3)nc(C)nc2s1. The Labute approximate surface area is 157 Å². The van der Waals surface area contributed by atoms with Crippen LogP contribution in [0.4, 0.5) is 5.82 Å². The molecule has 1 aliphatic rings. The highest BCUT2D eigenvalue weighted by atomic mass is 32.1. The highest BCUT2D eigenvalue weighted by Crippen LogP contribution is 2.29. The Hall–Kier alpha value is -2.47. The summed E-state index contributed by atoms with van der Waals surface area (Å²) < 4.78 is 0. The van der Waals surface area contributed by atoms with Crippen LogP contribution in [0.2, 0.25) is 0 Å². The summed E-state index contributed by atoms with van der Waals surface area (Å²) in [4.78, 5) is 25.9. The highest BCUT2D eigenvalue weighted by Gasteiger charge is 2.20. The van der Waals surface area contributed by atoms with E-state index in [9.17, 15) is 4.79 Å². The smallest absolute Gasteiger partial charge is 0.242 e. The summed E-state index contributed by atoms with van der Waals surface area (Å²) in [5, 5.41) is 4.26. The first-order valence-electron chi connectivity index (χ1n) is 8.99. The van der Waals surface area contributed by atoms with Crippen LogP contribution in [0.1, 0.15) is 28.8 Å². The second-order valence-corrected chi connectivity index (χ2v) is 7.71. The molecule has 0 saturated carbocycles. The highest BCUT2D eigenvalue weighted by molar-refractivity contribution is 7.18. The fraction of sp³-hybridized carbons (Fsp3) is 0.350. The lowest BCUT2D eigenvalue weighted by Crippen LogP contribution is -2.39. The molecule has 3 heterocycles. The Morgan fingerprint density at radius 2 is 2.08 bits per heavy atom. The molecule has 5 nitrogen and oxygen atoms in total. The predicted octanol–water partition coefficient (Wildman–Crippen LogP) is 3.56. The summed E-state index contributed by atoms with van der Waals surface area (Å²) in [5.74, 6) is 1.59. The van der Waals surface area contributed by atoms with Crippen molar-refractivity contribution in [3.05, 3.63) is 52.2 Å². The lowest BCUT2D eigenvalue weighted by Gasteiger charge is -2.29. The zero-order valence-corrected chi connectivity index (χ0v) is 15.9. The van der Waals surface area contributed by atoms with Gasteiger partial charge in [-0.15, -0.1) is 11.3 Å². The fourth-order valence-corrected chi connectivity index (χ4v) is 4.38. The third kappa shape index (κ3) is 3.29. The van der Waals surface area contributed by atoms with Crippen LogP contribution in [-0.4, -0.2) is 33.9 Å². The van der Waals surface area contributed by atoms with Crippen LogP contribution < -0.4 is 5.32 Å². The summed E-state index contributed by atoms with van der Waals surface area (Å²) >= 11 is 1.69. The Morgan fingerprint density at radius 1 is 1.27 bits per heavy atom. The summed E-state index contributed by atoms with van der Waals surface area (Å²) in [6, 6.07) is 10.5. The molecule has 0 spiro atoms. The first-order valence-corrected chi connectivity index (χ1v) is 9.81. The average molecular weight is 366 g/mol. The van der Waals surface area contributed by atoms with E-state index in [1.54, 1.807) is 11.3 Å². The number of aryl methyl sites for hydroxylation is 2. The maximum atomic E-state index is 12.7. The normalized spacial score (nSPS) is 13.7. The number of nitrogens with zero attached hydrogens (tertiary/aromatic N) is 3. The van der Waals surface area contributed by atoms with Crippen molar-refractivity contribution in [3.8, 4) is 0 Å². The maximum Gasteiger partial charge on any atom is 0.242 e. The molecule has 4 rings (SSSR count). The van der Waals surface area contributed by atoms with Crippen molar-refractivity contribution in [2.45, 2.75) is 33.2 Å². The average Bonchev–Trinajstić information content (AvgIpc) is 3.08. The van der Waals surface area contributed by atoms with Gasteiger partial charge in [0.25, 0.3) is 0 Å². The summed E-state index contributed by atoms with van der Waals surface area (Å²) in [6.07, 6.45) is 1.90. The van der Waals surface area contributed by atoms with Crippen molar-refractivity contribution in [1.29, 1.82) is 0 Å². The van der Waals surface area contributed by atoms with Crippen LogP contribution in [-0.2, 0) is 24.2 Å². The van der Waals surface area contributed by atoms with Crippen LogP contribution in [0.15, 0.2) is 30.3 Å². The van der Waals surface area contributed by atoms with E-state index in [1.165, 1.54) is 16.0 Å². The second kappa shape index (κ2) is 7.03. The second-order valence-electron chi connectivity index (χ2n) is 6.59. The number of amides is 1. The molecule has 1 aromatic carbocycles. The summed E-state index contributed by atoms with van der Waals surface area (Å²) in [5.41, 5.74) is 2.60. The van der Waals surface area contributed by atoms with Gasteiger partial charge < -0.3 is 10.2 Å². The first kappa shape index (κ1) is 17.0. The number of aromatic nitrogens is 2. The van der Waals surface area contributed by atoms with Crippen molar-refractivity contribution in [1.82, 2.24) is 14.9 Å². The van der Waals surface area contributed by atoms with Crippen LogP contribution in [0.25, 0.3) is 10.2 Å². The molecule has 0 aliphatic carbocycles. The third-order valence-corrected chi connectivity index (χ3v) is 5.97. The van der Waals surface area contributed by atoms with E-state index < -0.39 is 0 Å². The van der Waals surface area contributed by atoms with Gasteiger partial charge in [-0.25, -0.2) is 9.97 Å². The number of carbonyl (C=O) groups is 1. The molecule has 0 saturated heterocycles. The van der Waals surface area contributed by atoms with E-state index in [1.807, 2.05) is 17.9 Å². The Morgan fingerprint density at radius 3 is 2.88 bits per heavy atom. The van der Waals surface area contributed by atoms with Crippen LogP contribution in [0.5, 0.6) is 0 Å². The molecular weight excluding hydrogens is 344 g/mol. The van der Waals surface area contributed by atoms with Gasteiger partial charge in [-0.3, -0.25) is 4.79 Å². The van der Waals surface area contributed by atoms with Crippen LogP contribution >= 0.6 is 11.3 Å². The molecule has 134 valence electrons. The summed E-state index contributed by atoms with van der Waals surface area (Å²) in [6.45, 7) is 5.74. The van der Waals surface area contributed by atoms with Gasteiger partial charge in [0.2, 0.25) is 5.91 Å². The molecule has 1 aliphatic heterocycles. The Kier molecular flexibility index (Phi) is 4.59. The van der Waals surface area contributed by atoms with Crippen molar-refractivity contribution < 1.29 is 4.79 Å². The number of hydrogen-bond donors (Lipinski definition) is 1. The molecule has 26 heavy (non-hydrogen) atoms. The van der Waals surface area contributed by atoms with Crippen molar-refractivity contribution in [3.63, 3.8) is 0 Å². The van der Waals surface area contributed by atoms with Gasteiger partial charge in [-0.2, -0.15) is 0 Å². The number of carbonyl (C=O) groups excluding carboxylic acids is 1. The largest absolute Gasteiger partial charge is 0.360 e. The van der Waals surface area contributed by atoms with E-state index in [0.29, 0.717) is 6.54 Å². The minimum atomic E-state index is 0.106. The number of hydrogen-bond acceptors (Lipinski definition) is 5.